The van der Waals surface area contributed by atoms with Crippen molar-refractivity contribution in [3.63, 3.8) is 0 Å². The smallest absolute Gasteiger partial charge is 0.275 e. The summed E-state index contributed by atoms with van der Waals surface area (Å²) in [4.78, 5) is 17.9. The molecule has 5 rings (SSSR count). The van der Waals surface area contributed by atoms with Gasteiger partial charge in [-0.2, -0.15) is 9.78 Å². The fraction of sp³-hybridized carbons (Fsp3) is 0.407. The van der Waals surface area contributed by atoms with Gasteiger partial charge in [0.15, 0.2) is 0 Å². The van der Waals surface area contributed by atoms with E-state index in [9.17, 15) is 9.90 Å². The van der Waals surface area contributed by atoms with E-state index in [2.05, 4.69) is 4.90 Å². The van der Waals surface area contributed by atoms with Gasteiger partial charge in [0.2, 0.25) is 0 Å². The summed E-state index contributed by atoms with van der Waals surface area (Å²) in [6.07, 6.45) is 2.89. The first kappa shape index (κ1) is 23.2. The second-order valence-corrected chi connectivity index (χ2v) is 9.43. The SMILES string of the molecule is COc1cc(OC)cc(-c2nn(-c3cc(N4CC[C@H](O)C4)ccc3N(C)C)c(=O)c3c2CCC3)c1. The molecule has 35 heavy (non-hydrogen) atoms. The molecule has 1 N–H and O–H groups in total. The molecule has 1 aliphatic heterocycles. The predicted molar refractivity (Wildman–Crippen MR) is 138 cm³/mol. The Hall–Kier alpha value is -3.52. The van der Waals surface area contributed by atoms with Crippen LogP contribution in [-0.2, 0) is 12.8 Å². The van der Waals surface area contributed by atoms with Crippen molar-refractivity contribution in [3.8, 4) is 28.4 Å². The molecule has 1 aliphatic carbocycles. The van der Waals surface area contributed by atoms with E-state index in [1.54, 1.807) is 18.9 Å². The maximum absolute atomic E-state index is 13.7. The van der Waals surface area contributed by atoms with E-state index in [-0.39, 0.29) is 11.7 Å². The van der Waals surface area contributed by atoms with Crippen molar-refractivity contribution in [1.29, 1.82) is 0 Å². The topological polar surface area (TPSA) is 80.1 Å². The second kappa shape index (κ2) is 9.26. The van der Waals surface area contributed by atoms with Crippen LogP contribution in [0.3, 0.4) is 0 Å². The average Bonchev–Trinajstić information content (AvgIpc) is 3.53. The lowest BCUT2D eigenvalue weighted by molar-refractivity contribution is 0.198. The van der Waals surface area contributed by atoms with Gasteiger partial charge >= 0.3 is 0 Å². The molecule has 3 aromatic rings. The van der Waals surface area contributed by atoms with Crippen LogP contribution in [0.25, 0.3) is 16.9 Å². The summed E-state index contributed by atoms with van der Waals surface area (Å²) in [5.74, 6) is 1.35. The van der Waals surface area contributed by atoms with Crippen molar-refractivity contribution in [2.24, 2.45) is 0 Å². The molecule has 0 spiro atoms. The van der Waals surface area contributed by atoms with Crippen LogP contribution in [0.4, 0.5) is 11.4 Å². The Morgan fingerprint density at radius 3 is 2.37 bits per heavy atom. The Morgan fingerprint density at radius 1 is 1.03 bits per heavy atom. The van der Waals surface area contributed by atoms with E-state index in [0.717, 1.165) is 71.7 Å². The van der Waals surface area contributed by atoms with Gasteiger partial charge in [0, 0.05) is 50.1 Å². The molecule has 0 radical (unpaired) electrons. The summed E-state index contributed by atoms with van der Waals surface area (Å²) >= 11 is 0. The van der Waals surface area contributed by atoms with Gasteiger partial charge in [-0.3, -0.25) is 4.79 Å². The molecule has 0 saturated carbocycles. The predicted octanol–water partition coefficient (Wildman–Crippen LogP) is 3.04. The zero-order valence-corrected chi connectivity index (χ0v) is 20.7. The minimum Gasteiger partial charge on any atom is -0.497 e. The number of hydrogen-bond acceptors (Lipinski definition) is 7. The zero-order valence-electron chi connectivity index (χ0n) is 20.7. The molecule has 0 bridgehead atoms. The van der Waals surface area contributed by atoms with Gasteiger partial charge in [0.25, 0.3) is 5.56 Å². The Labute approximate surface area is 205 Å². The van der Waals surface area contributed by atoms with Crippen LogP contribution in [0.15, 0.2) is 41.2 Å². The number of ether oxygens (including phenoxy) is 2. The number of nitrogens with zero attached hydrogens (tertiary/aromatic N) is 4. The molecule has 1 saturated heterocycles. The molecule has 8 heteroatoms. The maximum atomic E-state index is 13.7. The Bertz CT molecular complexity index is 1300. The number of aliphatic hydroxyl groups excluding tert-OH is 1. The minimum absolute atomic E-state index is 0.0715. The van der Waals surface area contributed by atoms with Crippen LogP contribution in [0.2, 0.25) is 0 Å². The molecule has 1 aromatic heterocycles. The summed E-state index contributed by atoms with van der Waals surface area (Å²) < 4.78 is 12.6. The van der Waals surface area contributed by atoms with Crippen molar-refractivity contribution in [3.05, 3.63) is 57.9 Å². The van der Waals surface area contributed by atoms with E-state index < -0.39 is 0 Å². The maximum Gasteiger partial charge on any atom is 0.275 e. The molecule has 2 heterocycles. The quantitative estimate of drug-likeness (QED) is 0.586. The molecular formula is C27H32N4O4. The highest BCUT2D eigenvalue weighted by Crippen LogP contribution is 2.35. The van der Waals surface area contributed by atoms with Gasteiger partial charge in [0.1, 0.15) is 11.5 Å². The number of anilines is 2. The molecule has 2 aliphatic rings. The van der Waals surface area contributed by atoms with E-state index >= 15 is 0 Å². The lowest BCUT2D eigenvalue weighted by Gasteiger charge is -2.24. The summed E-state index contributed by atoms with van der Waals surface area (Å²) in [5.41, 5.74) is 5.99. The number of aliphatic hydroxyl groups is 1. The Balaban J connectivity index is 1.73. The van der Waals surface area contributed by atoms with E-state index in [0.29, 0.717) is 18.0 Å². The second-order valence-electron chi connectivity index (χ2n) is 9.43. The van der Waals surface area contributed by atoms with Crippen LogP contribution < -0.4 is 24.8 Å². The van der Waals surface area contributed by atoms with Crippen LogP contribution in [-0.4, -0.2) is 62.4 Å². The molecule has 8 nitrogen and oxygen atoms in total. The van der Waals surface area contributed by atoms with Gasteiger partial charge in [-0.15, -0.1) is 0 Å². The summed E-state index contributed by atoms with van der Waals surface area (Å²) in [6.45, 7) is 1.37. The van der Waals surface area contributed by atoms with E-state index in [1.807, 2.05) is 55.4 Å². The number of fused-ring (bicyclic) bond motifs is 1. The van der Waals surface area contributed by atoms with Crippen LogP contribution >= 0.6 is 0 Å². The van der Waals surface area contributed by atoms with Crippen molar-refractivity contribution in [2.75, 3.05) is 51.2 Å². The fourth-order valence-electron chi connectivity index (χ4n) is 5.15. The standard InChI is InChI=1S/C27H32N4O4/c1-29(2)24-9-8-18(30-11-10-19(32)16-30)14-25(24)31-27(33)23-7-5-6-22(23)26(28-31)17-12-20(34-3)15-21(13-17)35-4/h8-9,12-15,19,32H,5-7,10-11,16H2,1-4H3/t19-/m0/s1. The summed E-state index contributed by atoms with van der Waals surface area (Å²) in [5, 5.41) is 15.0. The fourth-order valence-corrected chi connectivity index (χ4v) is 5.15. The molecular weight excluding hydrogens is 444 g/mol. The average molecular weight is 477 g/mol. The van der Waals surface area contributed by atoms with E-state index in [1.165, 1.54) is 0 Å². The Morgan fingerprint density at radius 2 is 1.74 bits per heavy atom. The molecule has 184 valence electrons. The Kier molecular flexibility index (Phi) is 6.15. The van der Waals surface area contributed by atoms with Gasteiger partial charge in [0.05, 0.1) is 37.4 Å². The van der Waals surface area contributed by atoms with Crippen molar-refractivity contribution < 1.29 is 14.6 Å². The summed E-state index contributed by atoms with van der Waals surface area (Å²) in [7, 11) is 7.18. The minimum atomic E-state index is -0.331. The van der Waals surface area contributed by atoms with Crippen LogP contribution in [0.5, 0.6) is 11.5 Å². The van der Waals surface area contributed by atoms with Crippen molar-refractivity contribution in [1.82, 2.24) is 9.78 Å². The monoisotopic (exact) mass is 476 g/mol. The lowest BCUT2D eigenvalue weighted by Crippen LogP contribution is -2.28. The molecule has 0 unspecified atom stereocenters. The van der Waals surface area contributed by atoms with Crippen LogP contribution in [0, 0.1) is 0 Å². The highest BCUT2D eigenvalue weighted by atomic mass is 16.5. The third kappa shape index (κ3) is 4.23. The number of β-amino-alcohol motifs (C(OH)–C–C–N with tert-alkyl or cyclic N) is 1. The number of hydrogen-bond donors (Lipinski definition) is 1. The summed E-state index contributed by atoms with van der Waals surface area (Å²) in [6, 6.07) is 11.8. The third-order valence-electron chi connectivity index (χ3n) is 6.98. The van der Waals surface area contributed by atoms with E-state index in [4.69, 9.17) is 14.6 Å². The van der Waals surface area contributed by atoms with Gasteiger partial charge in [-0.25, -0.2) is 0 Å². The zero-order chi connectivity index (χ0) is 24.7. The number of aromatic nitrogens is 2. The van der Waals surface area contributed by atoms with Crippen molar-refractivity contribution >= 4 is 11.4 Å². The van der Waals surface area contributed by atoms with Gasteiger partial charge in [-0.1, -0.05) is 0 Å². The van der Waals surface area contributed by atoms with Gasteiger partial charge in [-0.05, 0) is 61.6 Å². The third-order valence-corrected chi connectivity index (χ3v) is 6.98. The van der Waals surface area contributed by atoms with Crippen LogP contribution in [0.1, 0.15) is 24.0 Å². The number of methoxy groups -OCH3 is 2. The highest BCUT2D eigenvalue weighted by Gasteiger charge is 2.26. The first-order chi connectivity index (χ1) is 16.9. The number of rotatable bonds is 6. The first-order valence-corrected chi connectivity index (χ1v) is 12.0. The first-order valence-electron chi connectivity index (χ1n) is 12.0. The molecule has 1 atom stereocenters. The lowest BCUT2D eigenvalue weighted by atomic mass is 10.0. The molecule has 2 aromatic carbocycles. The highest BCUT2D eigenvalue weighted by molar-refractivity contribution is 5.72. The number of benzene rings is 2. The van der Waals surface area contributed by atoms with Gasteiger partial charge < -0.3 is 24.4 Å². The molecule has 1 fully saturated rings. The largest absolute Gasteiger partial charge is 0.497 e. The normalized spacial score (nSPS) is 16.9. The molecule has 0 amide bonds. The van der Waals surface area contributed by atoms with Crippen molar-refractivity contribution in [2.45, 2.75) is 31.8 Å².